The van der Waals surface area contributed by atoms with E-state index in [9.17, 15) is 9.59 Å². The Kier molecular flexibility index (Phi) is 5.47. The van der Waals surface area contributed by atoms with Gasteiger partial charge in [0.05, 0.1) is 11.3 Å². The Morgan fingerprint density at radius 1 is 0.806 bits per heavy atom. The molecular weight excluding hydrogens is 384 g/mol. The second-order valence-electron chi connectivity index (χ2n) is 7.88. The van der Waals surface area contributed by atoms with Gasteiger partial charge in [0.2, 0.25) is 0 Å². The first-order valence-electron chi connectivity index (χ1n) is 10.5. The maximum Gasteiger partial charge on any atom is 0.282 e. The number of para-hydroxylation sites is 1. The predicted molar refractivity (Wildman–Crippen MR) is 126 cm³/mol. The smallest absolute Gasteiger partial charge is 0.282 e. The molecule has 0 aliphatic carbocycles. The molecule has 1 aliphatic rings. The van der Waals surface area contributed by atoms with Crippen LogP contribution in [0.25, 0.3) is 5.57 Å². The standard InChI is InChI=1S/C27H26N2O2/c1-5-20-12-15-23(16-13-20)29-26(30)24(21-14-11-18(2)19(3)17-21)25(27(29)31)28(4)22-9-7-6-8-10-22/h6-17H,5H2,1-4H3. The quantitative estimate of drug-likeness (QED) is 0.537. The summed E-state index contributed by atoms with van der Waals surface area (Å²) in [6.45, 7) is 6.13. The highest BCUT2D eigenvalue weighted by Crippen LogP contribution is 2.36. The van der Waals surface area contributed by atoms with Crippen molar-refractivity contribution in [3.63, 3.8) is 0 Å². The molecule has 3 aromatic carbocycles. The molecule has 4 nitrogen and oxygen atoms in total. The highest BCUT2D eigenvalue weighted by molar-refractivity contribution is 6.46. The van der Waals surface area contributed by atoms with Gasteiger partial charge in [0.1, 0.15) is 5.70 Å². The summed E-state index contributed by atoms with van der Waals surface area (Å²) in [7, 11) is 1.83. The third-order valence-corrected chi connectivity index (χ3v) is 5.94. The number of hydrogen-bond donors (Lipinski definition) is 0. The summed E-state index contributed by atoms with van der Waals surface area (Å²) < 4.78 is 0. The number of carbonyl (C=O) groups excluding carboxylic acids is 2. The topological polar surface area (TPSA) is 40.6 Å². The van der Waals surface area contributed by atoms with Gasteiger partial charge in [-0.1, -0.05) is 55.5 Å². The maximum atomic E-state index is 13.6. The Labute approximate surface area is 183 Å². The number of nitrogens with zero attached hydrogens (tertiary/aromatic N) is 2. The fraction of sp³-hybridized carbons (Fsp3) is 0.185. The van der Waals surface area contributed by atoms with Crippen molar-refractivity contribution in [2.24, 2.45) is 0 Å². The first kappa shape index (κ1) is 20.6. The summed E-state index contributed by atoms with van der Waals surface area (Å²) in [6, 6.07) is 23.2. The normalized spacial score (nSPS) is 13.9. The Balaban J connectivity index is 1.87. The van der Waals surface area contributed by atoms with Crippen molar-refractivity contribution in [3.05, 3.63) is 101 Å². The van der Waals surface area contributed by atoms with E-state index in [1.165, 1.54) is 4.90 Å². The third-order valence-electron chi connectivity index (χ3n) is 5.94. The molecule has 1 heterocycles. The molecule has 0 atom stereocenters. The van der Waals surface area contributed by atoms with E-state index >= 15 is 0 Å². The van der Waals surface area contributed by atoms with Gasteiger partial charge in [-0.3, -0.25) is 9.59 Å². The van der Waals surface area contributed by atoms with Crippen LogP contribution in [0.4, 0.5) is 11.4 Å². The maximum absolute atomic E-state index is 13.6. The molecule has 0 fully saturated rings. The highest BCUT2D eigenvalue weighted by Gasteiger charge is 2.42. The van der Waals surface area contributed by atoms with E-state index in [2.05, 4.69) is 6.92 Å². The first-order chi connectivity index (χ1) is 14.9. The minimum atomic E-state index is -0.311. The van der Waals surface area contributed by atoms with Crippen LogP contribution in [0.15, 0.2) is 78.5 Å². The van der Waals surface area contributed by atoms with Crippen LogP contribution in [-0.4, -0.2) is 18.9 Å². The number of benzene rings is 3. The van der Waals surface area contributed by atoms with Crippen LogP contribution in [0, 0.1) is 13.8 Å². The monoisotopic (exact) mass is 410 g/mol. The molecule has 0 bridgehead atoms. The molecule has 1 aliphatic heterocycles. The van der Waals surface area contributed by atoms with E-state index in [1.54, 1.807) is 0 Å². The zero-order chi connectivity index (χ0) is 22.1. The summed E-state index contributed by atoms with van der Waals surface area (Å²) >= 11 is 0. The lowest BCUT2D eigenvalue weighted by molar-refractivity contribution is -0.120. The van der Waals surface area contributed by atoms with Gasteiger partial charge in [0.25, 0.3) is 11.8 Å². The average Bonchev–Trinajstić information content (AvgIpc) is 3.05. The molecule has 4 heteroatoms. The van der Waals surface area contributed by atoms with Crippen molar-refractivity contribution < 1.29 is 9.59 Å². The Hall–Kier alpha value is -3.66. The Bertz CT molecular complexity index is 1180. The fourth-order valence-corrected chi connectivity index (χ4v) is 3.88. The summed E-state index contributed by atoms with van der Waals surface area (Å²) in [5.41, 5.74) is 6.40. The van der Waals surface area contributed by atoms with E-state index in [0.717, 1.165) is 34.4 Å². The van der Waals surface area contributed by atoms with Crippen LogP contribution in [0.2, 0.25) is 0 Å². The Morgan fingerprint density at radius 2 is 1.48 bits per heavy atom. The van der Waals surface area contributed by atoms with Crippen LogP contribution < -0.4 is 9.80 Å². The van der Waals surface area contributed by atoms with Crippen molar-refractivity contribution >= 4 is 28.8 Å². The molecule has 0 spiro atoms. The number of rotatable bonds is 5. The van der Waals surface area contributed by atoms with Crippen LogP contribution >= 0.6 is 0 Å². The molecular formula is C27H26N2O2. The second-order valence-corrected chi connectivity index (χ2v) is 7.88. The number of amides is 2. The van der Waals surface area contributed by atoms with Gasteiger partial charge >= 0.3 is 0 Å². The van der Waals surface area contributed by atoms with E-state index in [0.29, 0.717) is 17.0 Å². The molecule has 4 rings (SSSR count). The molecule has 0 saturated carbocycles. The number of hydrogen-bond acceptors (Lipinski definition) is 3. The zero-order valence-corrected chi connectivity index (χ0v) is 18.3. The number of aryl methyl sites for hydroxylation is 3. The molecule has 0 unspecified atom stereocenters. The SMILES string of the molecule is CCc1ccc(N2C(=O)C(c3ccc(C)c(C)c3)=C(N(C)c3ccccc3)C2=O)cc1. The Morgan fingerprint density at radius 3 is 2.10 bits per heavy atom. The first-order valence-corrected chi connectivity index (χ1v) is 10.5. The lowest BCUT2D eigenvalue weighted by atomic mass is 9.99. The molecule has 156 valence electrons. The summed E-state index contributed by atoms with van der Waals surface area (Å²) in [5.74, 6) is -0.607. The third kappa shape index (κ3) is 3.66. The minimum absolute atomic E-state index is 0.296. The molecule has 31 heavy (non-hydrogen) atoms. The number of carbonyl (C=O) groups is 2. The van der Waals surface area contributed by atoms with Crippen LogP contribution in [-0.2, 0) is 16.0 Å². The molecule has 2 amide bonds. The number of anilines is 2. The van der Waals surface area contributed by atoms with Crippen LogP contribution in [0.1, 0.15) is 29.2 Å². The highest BCUT2D eigenvalue weighted by atomic mass is 16.2. The fourth-order valence-electron chi connectivity index (χ4n) is 3.88. The zero-order valence-electron chi connectivity index (χ0n) is 18.3. The molecule has 0 saturated heterocycles. The summed E-state index contributed by atoms with van der Waals surface area (Å²) in [4.78, 5) is 30.4. The van der Waals surface area contributed by atoms with Crippen molar-refractivity contribution in [3.8, 4) is 0 Å². The average molecular weight is 411 g/mol. The van der Waals surface area contributed by atoms with Crippen LogP contribution in [0.3, 0.4) is 0 Å². The minimum Gasteiger partial charge on any atom is -0.339 e. The summed E-state index contributed by atoms with van der Waals surface area (Å²) in [6.07, 6.45) is 0.899. The molecule has 0 N–H and O–H groups in total. The molecule has 3 aromatic rings. The molecule has 0 radical (unpaired) electrons. The molecule has 0 aromatic heterocycles. The lowest BCUT2D eigenvalue weighted by Crippen LogP contribution is -2.34. The van der Waals surface area contributed by atoms with Gasteiger partial charge in [-0.25, -0.2) is 4.90 Å². The van der Waals surface area contributed by atoms with Crippen molar-refractivity contribution in [2.75, 3.05) is 16.8 Å². The van der Waals surface area contributed by atoms with Gasteiger partial charge in [-0.15, -0.1) is 0 Å². The second kappa shape index (κ2) is 8.23. The number of imide groups is 1. The predicted octanol–water partition coefficient (Wildman–Crippen LogP) is 5.29. The van der Waals surface area contributed by atoms with Gasteiger partial charge in [0, 0.05) is 12.7 Å². The number of likely N-dealkylation sites (N-methyl/N-ethyl adjacent to an activating group) is 1. The van der Waals surface area contributed by atoms with E-state index in [-0.39, 0.29) is 11.8 Å². The van der Waals surface area contributed by atoms with Crippen LogP contribution in [0.5, 0.6) is 0 Å². The van der Waals surface area contributed by atoms with Gasteiger partial charge < -0.3 is 4.90 Å². The lowest BCUT2D eigenvalue weighted by Gasteiger charge is -2.21. The van der Waals surface area contributed by atoms with E-state index in [4.69, 9.17) is 0 Å². The van der Waals surface area contributed by atoms with Crippen molar-refractivity contribution in [2.45, 2.75) is 27.2 Å². The van der Waals surface area contributed by atoms with Gasteiger partial charge in [-0.2, -0.15) is 0 Å². The van der Waals surface area contributed by atoms with Gasteiger partial charge in [0.15, 0.2) is 0 Å². The largest absolute Gasteiger partial charge is 0.339 e. The van der Waals surface area contributed by atoms with E-state index < -0.39 is 0 Å². The summed E-state index contributed by atoms with van der Waals surface area (Å²) in [5, 5.41) is 0. The van der Waals surface area contributed by atoms with Crippen molar-refractivity contribution in [1.82, 2.24) is 0 Å². The van der Waals surface area contributed by atoms with Crippen molar-refractivity contribution in [1.29, 1.82) is 0 Å². The van der Waals surface area contributed by atoms with Gasteiger partial charge in [-0.05, 0) is 66.8 Å². The van der Waals surface area contributed by atoms with E-state index in [1.807, 2.05) is 98.6 Å².